The van der Waals surface area contributed by atoms with Gasteiger partial charge in [0, 0.05) is 30.8 Å². The monoisotopic (exact) mass is 356 g/mol. The molecule has 1 atom stereocenters. The molecule has 0 N–H and O–H groups in total. The first kappa shape index (κ1) is 16.1. The third kappa shape index (κ3) is 2.89. The summed E-state index contributed by atoms with van der Waals surface area (Å²) in [6.07, 6.45) is 1.79. The van der Waals surface area contributed by atoms with Gasteiger partial charge in [0.2, 0.25) is 10.1 Å². The molecule has 0 bridgehead atoms. The van der Waals surface area contributed by atoms with E-state index in [1.54, 1.807) is 13.2 Å². The Labute approximate surface area is 149 Å². The van der Waals surface area contributed by atoms with Crippen molar-refractivity contribution in [3.63, 3.8) is 0 Å². The second-order valence-corrected chi connectivity index (χ2v) is 7.13. The molecule has 4 rings (SSSR count). The van der Waals surface area contributed by atoms with Crippen LogP contribution in [0.15, 0.2) is 35.1 Å². The minimum atomic E-state index is -0.107. The van der Waals surface area contributed by atoms with Crippen LogP contribution in [0.5, 0.6) is 5.75 Å². The first-order valence-electron chi connectivity index (χ1n) is 8.47. The van der Waals surface area contributed by atoms with Gasteiger partial charge in [-0.3, -0.25) is 4.79 Å². The number of hydrogen-bond donors (Lipinski definition) is 0. The number of para-hydroxylation sites is 1. The van der Waals surface area contributed by atoms with Gasteiger partial charge in [-0.1, -0.05) is 36.5 Å². The van der Waals surface area contributed by atoms with Crippen molar-refractivity contribution in [3.8, 4) is 5.75 Å². The summed E-state index contributed by atoms with van der Waals surface area (Å²) in [5, 5.41) is 5.35. The van der Waals surface area contributed by atoms with Crippen molar-refractivity contribution >= 4 is 21.4 Å². The molecule has 0 radical (unpaired) electrons. The first-order valence-corrected chi connectivity index (χ1v) is 9.29. The molecule has 0 aliphatic carbocycles. The Morgan fingerprint density at radius 1 is 1.36 bits per heavy atom. The van der Waals surface area contributed by atoms with Gasteiger partial charge in [-0.2, -0.15) is 4.52 Å². The van der Waals surface area contributed by atoms with Crippen LogP contribution in [0.3, 0.4) is 0 Å². The average Bonchev–Trinajstić information content (AvgIpc) is 3.28. The summed E-state index contributed by atoms with van der Waals surface area (Å²) in [6.45, 7) is 3.78. The minimum Gasteiger partial charge on any atom is -0.496 e. The molecule has 3 heterocycles. The van der Waals surface area contributed by atoms with E-state index < -0.39 is 0 Å². The predicted octanol–water partition coefficient (Wildman–Crippen LogP) is 2.72. The van der Waals surface area contributed by atoms with Gasteiger partial charge in [0.25, 0.3) is 5.56 Å². The molecule has 1 unspecified atom stereocenters. The van der Waals surface area contributed by atoms with Gasteiger partial charge in [0.05, 0.1) is 7.11 Å². The largest absolute Gasteiger partial charge is 0.496 e. The lowest BCUT2D eigenvalue weighted by Gasteiger charge is -2.16. The van der Waals surface area contributed by atoms with E-state index in [-0.39, 0.29) is 5.56 Å². The van der Waals surface area contributed by atoms with Crippen LogP contribution in [-0.4, -0.2) is 34.8 Å². The molecule has 7 heteroatoms. The van der Waals surface area contributed by atoms with Gasteiger partial charge >= 0.3 is 0 Å². The highest BCUT2D eigenvalue weighted by molar-refractivity contribution is 7.20. The number of fused-ring (bicyclic) bond motifs is 1. The third-order valence-electron chi connectivity index (χ3n) is 4.69. The number of aromatic nitrogens is 3. The standard InChI is InChI=1S/C18H20N4O2S/c1-3-13-10-16(23)22-17(19-13)25-18(20-22)21-9-8-12(11-21)14-6-4-5-7-15(14)24-2/h4-7,10,12H,3,8-9,11H2,1-2H3. The van der Waals surface area contributed by atoms with Crippen LogP contribution in [-0.2, 0) is 6.42 Å². The molecule has 0 amide bonds. The van der Waals surface area contributed by atoms with Crippen molar-refractivity contribution in [2.75, 3.05) is 25.1 Å². The van der Waals surface area contributed by atoms with Crippen molar-refractivity contribution in [1.82, 2.24) is 14.6 Å². The van der Waals surface area contributed by atoms with E-state index in [1.807, 2.05) is 25.1 Å². The number of ether oxygens (including phenoxy) is 1. The Morgan fingerprint density at radius 2 is 2.20 bits per heavy atom. The second-order valence-electron chi connectivity index (χ2n) is 6.19. The van der Waals surface area contributed by atoms with Crippen molar-refractivity contribution in [2.24, 2.45) is 0 Å². The molecule has 0 spiro atoms. The zero-order valence-corrected chi connectivity index (χ0v) is 15.1. The number of rotatable bonds is 4. The van der Waals surface area contributed by atoms with E-state index >= 15 is 0 Å². The Morgan fingerprint density at radius 3 is 3.00 bits per heavy atom. The van der Waals surface area contributed by atoms with Gasteiger partial charge in [-0.15, -0.1) is 5.10 Å². The average molecular weight is 356 g/mol. The number of hydrogen-bond acceptors (Lipinski definition) is 6. The molecule has 1 saturated heterocycles. The molecular weight excluding hydrogens is 336 g/mol. The number of methoxy groups -OCH3 is 1. The first-order chi connectivity index (χ1) is 12.2. The SMILES string of the molecule is CCc1cc(=O)n2nc(N3CCC(c4ccccc4OC)C3)sc2n1. The molecule has 1 aliphatic rings. The molecule has 2 aromatic heterocycles. The van der Waals surface area contributed by atoms with Crippen LogP contribution in [0.2, 0.25) is 0 Å². The fraction of sp³-hybridized carbons (Fsp3) is 0.389. The maximum atomic E-state index is 12.2. The highest BCUT2D eigenvalue weighted by atomic mass is 32.1. The summed E-state index contributed by atoms with van der Waals surface area (Å²) in [5.74, 6) is 1.34. The summed E-state index contributed by atoms with van der Waals surface area (Å²) in [5.41, 5.74) is 1.94. The molecule has 6 nitrogen and oxygen atoms in total. The summed E-state index contributed by atoms with van der Waals surface area (Å²) in [7, 11) is 1.71. The fourth-order valence-corrected chi connectivity index (χ4v) is 4.31. The fourth-order valence-electron chi connectivity index (χ4n) is 3.35. The lowest BCUT2D eigenvalue weighted by atomic mass is 9.97. The van der Waals surface area contributed by atoms with Crippen LogP contribution in [0, 0.1) is 0 Å². The molecular formula is C18H20N4O2S. The zero-order valence-electron chi connectivity index (χ0n) is 14.3. The summed E-state index contributed by atoms with van der Waals surface area (Å²) in [4.78, 5) is 19.6. The van der Waals surface area contributed by atoms with E-state index in [1.165, 1.54) is 21.4 Å². The number of aryl methyl sites for hydroxylation is 1. The molecule has 25 heavy (non-hydrogen) atoms. The summed E-state index contributed by atoms with van der Waals surface area (Å²) >= 11 is 1.48. The van der Waals surface area contributed by atoms with Gasteiger partial charge in [-0.25, -0.2) is 4.98 Å². The van der Waals surface area contributed by atoms with E-state index in [9.17, 15) is 4.79 Å². The zero-order chi connectivity index (χ0) is 17.4. The van der Waals surface area contributed by atoms with E-state index in [0.29, 0.717) is 10.9 Å². The molecule has 1 aromatic carbocycles. The maximum Gasteiger partial charge on any atom is 0.275 e. The lowest BCUT2D eigenvalue weighted by Crippen LogP contribution is -2.20. The van der Waals surface area contributed by atoms with Crippen molar-refractivity contribution in [1.29, 1.82) is 0 Å². The van der Waals surface area contributed by atoms with Gasteiger partial charge < -0.3 is 9.64 Å². The van der Waals surface area contributed by atoms with Gasteiger partial charge in [0.1, 0.15) is 5.75 Å². The van der Waals surface area contributed by atoms with E-state index in [0.717, 1.165) is 42.5 Å². The molecule has 3 aromatic rings. The molecule has 130 valence electrons. The smallest absolute Gasteiger partial charge is 0.275 e. The third-order valence-corrected chi connectivity index (χ3v) is 5.66. The van der Waals surface area contributed by atoms with Crippen molar-refractivity contribution in [3.05, 3.63) is 51.9 Å². The predicted molar refractivity (Wildman–Crippen MR) is 99.1 cm³/mol. The molecule has 1 fully saturated rings. The number of nitrogens with zero attached hydrogens (tertiary/aromatic N) is 4. The number of anilines is 1. The quantitative estimate of drug-likeness (QED) is 0.719. The minimum absolute atomic E-state index is 0.107. The summed E-state index contributed by atoms with van der Waals surface area (Å²) in [6, 6.07) is 9.74. The Balaban J connectivity index is 1.62. The van der Waals surface area contributed by atoms with Gasteiger partial charge in [-0.05, 0) is 24.5 Å². The Hall–Kier alpha value is -2.41. The van der Waals surface area contributed by atoms with Crippen LogP contribution >= 0.6 is 11.3 Å². The normalized spacial score (nSPS) is 17.4. The second kappa shape index (κ2) is 6.48. The van der Waals surface area contributed by atoms with Crippen molar-refractivity contribution in [2.45, 2.75) is 25.7 Å². The van der Waals surface area contributed by atoms with Crippen LogP contribution in [0.25, 0.3) is 4.96 Å². The topological polar surface area (TPSA) is 59.7 Å². The highest BCUT2D eigenvalue weighted by Gasteiger charge is 2.28. The van der Waals surface area contributed by atoms with E-state index in [2.05, 4.69) is 21.0 Å². The number of benzene rings is 1. The Bertz CT molecular complexity index is 965. The van der Waals surface area contributed by atoms with Crippen molar-refractivity contribution < 1.29 is 4.74 Å². The van der Waals surface area contributed by atoms with Crippen LogP contribution in [0.4, 0.5) is 5.13 Å². The maximum absolute atomic E-state index is 12.2. The van der Waals surface area contributed by atoms with E-state index in [4.69, 9.17) is 4.74 Å². The summed E-state index contributed by atoms with van der Waals surface area (Å²) < 4.78 is 6.91. The van der Waals surface area contributed by atoms with Crippen LogP contribution in [0.1, 0.15) is 30.5 Å². The van der Waals surface area contributed by atoms with Crippen LogP contribution < -0.4 is 15.2 Å². The van der Waals surface area contributed by atoms with Gasteiger partial charge in [0.15, 0.2) is 0 Å². The molecule has 1 aliphatic heterocycles. The Kier molecular flexibility index (Phi) is 4.17. The highest BCUT2D eigenvalue weighted by Crippen LogP contribution is 2.36. The molecule has 0 saturated carbocycles. The lowest BCUT2D eigenvalue weighted by molar-refractivity contribution is 0.406.